The summed E-state index contributed by atoms with van der Waals surface area (Å²) in [6.07, 6.45) is 8.36. The number of allylic oxidation sites excluding steroid dienone is 3. The van der Waals surface area contributed by atoms with Gasteiger partial charge in [0, 0.05) is 26.1 Å². The van der Waals surface area contributed by atoms with Crippen LogP contribution in [0.5, 0.6) is 0 Å². The number of rotatable bonds is 7. The highest BCUT2D eigenvalue weighted by atomic mass is 16.5. The number of hydrogen-bond acceptors (Lipinski definition) is 4. The molecule has 0 amide bonds. The van der Waals surface area contributed by atoms with Crippen LogP contribution in [-0.4, -0.2) is 31.6 Å². The van der Waals surface area contributed by atoms with Crippen LogP contribution >= 0.6 is 0 Å². The maximum Gasteiger partial charge on any atom is 0.132 e. The van der Waals surface area contributed by atoms with Crippen molar-refractivity contribution in [1.82, 2.24) is 10.4 Å². The van der Waals surface area contributed by atoms with E-state index in [1.165, 1.54) is 6.21 Å². The summed E-state index contributed by atoms with van der Waals surface area (Å²) in [6.45, 7) is 3.37. The molecular formula is C9H17N3O. The van der Waals surface area contributed by atoms with Gasteiger partial charge in [-0.2, -0.15) is 0 Å². The van der Waals surface area contributed by atoms with E-state index in [2.05, 4.69) is 5.43 Å². The van der Waals surface area contributed by atoms with Crippen molar-refractivity contribution in [2.24, 2.45) is 0 Å². The second-order valence-electron chi connectivity index (χ2n) is 2.29. The van der Waals surface area contributed by atoms with Gasteiger partial charge in [-0.3, -0.25) is 5.01 Å². The second-order valence-corrected chi connectivity index (χ2v) is 2.29. The normalized spacial score (nSPS) is 11.2. The smallest absolute Gasteiger partial charge is 0.132 e. The van der Waals surface area contributed by atoms with Gasteiger partial charge in [-0.25, -0.2) is 5.43 Å². The molecule has 0 spiro atoms. The van der Waals surface area contributed by atoms with Crippen LogP contribution in [0, 0.1) is 5.41 Å². The topological polar surface area (TPSA) is 48.4 Å². The quantitative estimate of drug-likeness (QED) is 0.269. The Morgan fingerprint density at radius 1 is 1.38 bits per heavy atom. The number of nitrogens with one attached hydrogen (secondary N) is 2. The van der Waals surface area contributed by atoms with Crippen LogP contribution < -0.4 is 5.43 Å². The minimum absolute atomic E-state index is 0.503. The average molecular weight is 183 g/mol. The Labute approximate surface area is 79.4 Å². The molecule has 0 aliphatic rings. The molecule has 0 bridgehead atoms. The SMILES string of the molecule is CCNN(/C=C/C=C\C=N)COC. The summed E-state index contributed by atoms with van der Waals surface area (Å²) in [5.41, 5.74) is 3.09. The summed E-state index contributed by atoms with van der Waals surface area (Å²) in [5.74, 6) is 0. The molecule has 0 fully saturated rings. The Hall–Kier alpha value is -1.13. The van der Waals surface area contributed by atoms with Crippen molar-refractivity contribution >= 4 is 6.21 Å². The third kappa shape index (κ3) is 7.24. The van der Waals surface area contributed by atoms with Gasteiger partial charge in [-0.1, -0.05) is 13.0 Å². The van der Waals surface area contributed by atoms with E-state index in [-0.39, 0.29) is 0 Å². The third-order valence-electron chi connectivity index (χ3n) is 1.21. The fourth-order valence-electron chi connectivity index (χ4n) is 0.757. The zero-order valence-corrected chi connectivity index (χ0v) is 8.16. The van der Waals surface area contributed by atoms with Crippen molar-refractivity contribution in [3.05, 3.63) is 24.4 Å². The van der Waals surface area contributed by atoms with Gasteiger partial charge in [0.25, 0.3) is 0 Å². The van der Waals surface area contributed by atoms with Crippen LogP contribution in [0.4, 0.5) is 0 Å². The highest BCUT2D eigenvalue weighted by Crippen LogP contribution is 1.85. The van der Waals surface area contributed by atoms with Crippen LogP contribution in [0.25, 0.3) is 0 Å². The fraction of sp³-hybridized carbons (Fsp3) is 0.444. The van der Waals surface area contributed by atoms with Crippen molar-refractivity contribution in [3.8, 4) is 0 Å². The van der Waals surface area contributed by atoms with Gasteiger partial charge in [0.2, 0.25) is 0 Å². The summed E-state index contributed by atoms with van der Waals surface area (Å²) in [7, 11) is 1.64. The lowest BCUT2D eigenvalue weighted by atomic mass is 10.5. The maximum absolute atomic E-state index is 6.75. The molecule has 0 saturated carbocycles. The van der Waals surface area contributed by atoms with E-state index in [1.54, 1.807) is 19.3 Å². The van der Waals surface area contributed by atoms with Crippen molar-refractivity contribution < 1.29 is 4.74 Å². The first-order valence-corrected chi connectivity index (χ1v) is 4.18. The van der Waals surface area contributed by atoms with Crippen molar-refractivity contribution in [2.75, 3.05) is 20.4 Å². The molecule has 0 saturated heterocycles. The van der Waals surface area contributed by atoms with Crippen LogP contribution in [0.3, 0.4) is 0 Å². The molecule has 0 unspecified atom stereocenters. The Morgan fingerprint density at radius 2 is 2.15 bits per heavy atom. The van der Waals surface area contributed by atoms with Gasteiger partial charge in [0.15, 0.2) is 0 Å². The molecule has 13 heavy (non-hydrogen) atoms. The van der Waals surface area contributed by atoms with E-state index in [0.29, 0.717) is 6.73 Å². The molecule has 0 aliphatic heterocycles. The molecule has 74 valence electrons. The van der Waals surface area contributed by atoms with Gasteiger partial charge in [-0.15, -0.1) is 0 Å². The Kier molecular flexibility index (Phi) is 8.18. The largest absolute Gasteiger partial charge is 0.363 e. The Bertz CT molecular complexity index is 172. The van der Waals surface area contributed by atoms with E-state index in [1.807, 2.05) is 24.2 Å². The summed E-state index contributed by atoms with van der Waals surface area (Å²) >= 11 is 0. The Balaban J connectivity index is 3.84. The van der Waals surface area contributed by atoms with Gasteiger partial charge < -0.3 is 10.1 Å². The summed E-state index contributed by atoms with van der Waals surface area (Å²) in [5, 5.41) is 8.58. The van der Waals surface area contributed by atoms with E-state index < -0.39 is 0 Å². The van der Waals surface area contributed by atoms with E-state index in [4.69, 9.17) is 10.1 Å². The van der Waals surface area contributed by atoms with Gasteiger partial charge in [0.1, 0.15) is 6.73 Å². The van der Waals surface area contributed by atoms with Crippen molar-refractivity contribution in [2.45, 2.75) is 6.92 Å². The first-order chi connectivity index (χ1) is 6.35. The molecule has 4 heteroatoms. The molecule has 0 aromatic carbocycles. The van der Waals surface area contributed by atoms with Gasteiger partial charge in [-0.05, 0) is 12.2 Å². The van der Waals surface area contributed by atoms with Crippen LogP contribution in [0.2, 0.25) is 0 Å². The summed E-state index contributed by atoms with van der Waals surface area (Å²) < 4.78 is 4.96. The van der Waals surface area contributed by atoms with E-state index in [0.717, 1.165) is 6.54 Å². The molecular weight excluding hydrogens is 166 g/mol. The summed E-state index contributed by atoms with van der Waals surface area (Å²) in [4.78, 5) is 0. The number of hydrogen-bond donors (Lipinski definition) is 2. The molecule has 0 heterocycles. The molecule has 0 radical (unpaired) electrons. The van der Waals surface area contributed by atoms with Crippen LogP contribution in [0.15, 0.2) is 24.4 Å². The molecule has 0 aromatic heterocycles. The predicted octanol–water partition coefficient (Wildman–Crippen LogP) is 1.14. The first-order valence-electron chi connectivity index (χ1n) is 4.18. The minimum Gasteiger partial charge on any atom is -0.363 e. The first kappa shape index (κ1) is 11.9. The molecule has 0 rings (SSSR count). The van der Waals surface area contributed by atoms with Crippen molar-refractivity contribution in [1.29, 1.82) is 5.41 Å². The monoisotopic (exact) mass is 183 g/mol. The number of nitrogens with zero attached hydrogens (tertiary/aromatic N) is 1. The number of methoxy groups -OCH3 is 1. The fourth-order valence-corrected chi connectivity index (χ4v) is 0.757. The minimum atomic E-state index is 0.503. The van der Waals surface area contributed by atoms with Crippen molar-refractivity contribution in [3.63, 3.8) is 0 Å². The zero-order valence-electron chi connectivity index (χ0n) is 8.16. The number of hydrazine groups is 1. The zero-order chi connectivity index (χ0) is 9.94. The average Bonchev–Trinajstić information content (AvgIpc) is 2.13. The lowest BCUT2D eigenvalue weighted by Crippen LogP contribution is -2.34. The third-order valence-corrected chi connectivity index (χ3v) is 1.21. The van der Waals surface area contributed by atoms with E-state index in [9.17, 15) is 0 Å². The molecule has 0 aliphatic carbocycles. The second kappa shape index (κ2) is 8.96. The molecule has 0 aromatic rings. The molecule has 4 nitrogen and oxygen atoms in total. The Morgan fingerprint density at radius 3 is 2.69 bits per heavy atom. The van der Waals surface area contributed by atoms with Crippen LogP contribution in [-0.2, 0) is 4.74 Å². The van der Waals surface area contributed by atoms with Gasteiger partial charge >= 0.3 is 0 Å². The molecule has 2 N–H and O–H groups in total. The maximum atomic E-state index is 6.75. The van der Waals surface area contributed by atoms with Crippen LogP contribution in [0.1, 0.15) is 6.92 Å². The number of ether oxygens (including phenoxy) is 1. The van der Waals surface area contributed by atoms with Gasteiger partial charge in [0.05, 0.1) is 0 Å². The highest BCUT2D eigenvalue weighted by molar-refractivity contribution is 5.67. The molecule has 0 atom stereocenters. The predicted molar refractivity (Wildman–Crippen MR) is 54.5 cm³/mol. The highest BCUT2D eigenvalue weighted by Gasteiger charge is 1.91. The lowest BCUT2D eigenvalue weighted by Gasteiger charge is -2.18. The lowest BCUT2D eigenvalue weighted by molar-refractivity contribution is 0.0651. The standard InChI is InChI=1S/C9H17N3O/c1-3-11-12(9-13-2)8-6-4-5-7-10/h4-8,10-11H,3,9H2,1-2H3/b5-4-,8-6+,10-7?. The summed E-state index contributed by atoms with van der Waals surface area (Å²) in [6, 6.07) is 0. The van der Waals surface area contributed by atoms with E-state index >= 15 is 0 Å².